The van der Waals surface area contributed by atoms with Gasteiger partial charge in [0.15, 0.2) is 0 Å². The van der Waals surface area contributed by atoms with Crippen molar-refractivity contribution in [1.82, 2.24) is 9.88 Å². The lowest BCUT2D eigenvalue weighted by Crippen LogP contribution is -2.31. The second kappa shape index (κ2) is 6.26. The summed E-state index contributed by atoms with van der Waals surface area (Å²) >= 11 is 1.62. The third-order valence-electron chi connectivity index (χ3n) is 3.61. The number of hydrogen-bond donors (Lipinski definition) is 0. The number of hydrogen-bond acceptors (Lipinski definition) is 4. The van der Waals surface area contributed by atoms with Crippen molar-refractivity contribution in [2.24, 2.45) is 0 Å². The highest BCUT2D eigenvalue weighted by Crippen LogP contribution is 2.34. The maximum Gasteiger partial charge on any atom is 0.410 e. The van der Waals surface area contributed by atoms with Crippen LogP contribution in [0.5, 0.6) is 0 Å². The van der Waals surface area contributed by atoms with Crippen LogP contribution in [0.1, 0.15) is 35.1 Å². The van der Waals surface area contributed by atoms with Gasteiger partial charge >= 0.3 is 6.09 Å². The number of benzene rings is 1. The molecule has 1 aliphatic heterocycles. The molecule has 1 aliphatic rings. The van der Waals surface area contributed by atoms with E-state index in [1.807, 2.05) is 42.6 Å². The molecule has 0 aliphatic carbocycles. The molecule has 1 aromatic heterocycles. The number of carbonyl (C=O) groups is 1. The zero-order valence-electron chi connectivity index (χ0n) is 12.0. The minimum atomic E-state index is -0.241. The first-order chi connectivity index (χ1) is 10.2. The normalized spacial score (nSPS) is 18.0. The summed E-state index contributed by atoms with van der Waals surface area (Å²) in [6, 6.07) is 9.83. The first kappa shape index (κ1) is 14.1. The Morgan fingerprint density at radius 2 is 2.24 bits per heavy atom. The van der Waals surface area contributed by atoms with Gasteiger partial charge in [-0.3, -0.25) is 4.90 Å². The summed E-state index contributed by atoms with van der Waals surface area (Å²) in [4.78, 5) is 18.6. The van der Waals surface area contributed by atoms with Gasteiger partial charge in [0.2, 0.25) is 0 Å². The van der Waals surface area contributed by atoms with Gasteiger partial charge in [-0.05, 0) is 25.3 Å². The van der Waals surface area contributed by atoms with Crippen molar-refractivity contribution >= 4 is 17.4 Å². The molecule has 0 saturated carbocycles. The maximum atomic E-state index is 12.3. The molecule has 110 valence electrons. The molecule has 1 aromatic carbocycles. The van der Waals surface area contributed by atoms with Gasteiger partial charge in [0.1, 0.15) is 11.6 Å². The van der Waals surface area contributed by atoms with Gasteiger partial charge in [-0.1, -0.05) is 30.3 Å². The lowest BCUT2D eigenvalue weighted by Gasteiger charge is -2.22. The smallest absolute Gasteiger partial charge is 0.410 e. The lowest BCUT2D eigenvalue weighted by molar-refractivity contribution is 0.0920. The number of nitrogens with zero attached hydrogens (tertiary/aromatic N) is 2. The van der Waals surface area contributed by atoms with Gasteiger partial charge in [-0.2, -0.15) is 0 Å². The fourth-order valence-electron chi connectivity index (χ4n) is 2.57. The molecule has 2 aromatic rings. The minimum Gasteiger partial charge on any atom is -0.445 e. The topological polar surface area (TPSA) is 42.4 Å². The molecular weight excluding hydrogens is 284 g/mol. The Bertz CT molecular complexity index is 612. The molecule has 21 heavy (non-hydrogen) atoms. The van der Waals surface area contributed by atoms with Gasteiger partial charge in [-0.15, -0.1) is 11.3 Å². The number of rotatable bonds is 3. The molecular formula is C16H18N2O2S. The molecule has 5 heteroatoms. The summed E-state index contributed by atoms with van der Waals surface area (Å²) in [5.74, 6) is 0. The van der Waals surface area contributed by atoms with Crippen LogP contribution in [0.15, 0.2) is 35.7 Å². The SMILES string of the molecule is Cc1csc(C2CCCN2C(=O)OCc2ccccc2)n1. The van der Waals surface area contributed by atoms with Crippen LogP contribution in [0.3, 0.4) is 0 Å². The molecule has 0 spiro atoms. The second-order valence-corrected chi connectivity index (χ2v) is 6.11. The van der Waals surface area contributed by atoms with Crippen LogP contribution in [0.2, 0.25) is 0 Å². The Kier molecular flexibility index (Phi) is 4.20. The Balaban J connectivity index is 1.63. The van der Waals surface area contributed by atoms with E-state index < -0.39 is 0 Å². The lowest BCUT2D eigenvalue weighted by atomic mass is 10.2. The summed E-state index contributed by atoms with van der Waals surface area (Å²) < 4.78 is 5.43. The Labute approximate surface area is 128 Å². The summed E-state index contributed by atoms with van der Waals surface area (Å²) in [7, 11) is 0. The number of amides is 1. The molecule has 1 unspecified atom stereocenters. The molecule has 1 saturated heterocycles. The van der Waals surface area contributed by atoms with Crippen LogP contribution in [0, 0.1) is 6.92 Å². The van der Waals surface area contributed by atoms with Crippen LogP contribution < -0.4 is 0 Å². The summed E-state index contributed by atoms with van der Waals surface area (Å²) in [6.07, 6.45) is 1.73. The summed E-state index contributed by atoms with van der Waals surface area (Å²) in [6.45, 7) is 3.05. The van der Waals surface area contributed by atoms with Gasteiger partial charge in [0, 0.05) is 17.6 Å². The van der Waals surface area contributed by atoms with E-state index in [1.54, 1.807) is 16.2 Å². The van der Waals surface area contributed by atoms with Crippen LogP contribution in [0.4, 0.5) is 4.79 Å². The standard InChI is InChI=1S/C16H18N2O2S/c1-12-11-21-15(17-12)14-8-5-9-18(14)16(19)20-10-13-6-3-2-4-7-13/h2-4,6-7,11,14H,5,8-10H2,1H3. The molecule has 3 rings (SSSR count). The molecule has 1 fully saturated rings. The Morgan fingerprint density at radius 3 is 2.95 bits per heavy atom. The van der Waals surface area contributed by atoms with Crippen molar-refractivity contribution in [2.75, 3.05) is 6.54 Å². The monoisotopic (exact) mass is 302 g/mol. The fourth-order valence-corrected chi connectivity index (χ4v) is 3.51. The third kappa shape index (κ3) is 3.24. The van der Waals surface area contributed by atoms with E-state index in [1.165, 1.54) is 0 Å². The first-order valence-electron chi connectivity index (χ1n) is 7.13. The molecule has 1 amide bonds. The number of thiazole rings is 1. The number of carbonyl (C=O) groups excluding carboxylic acids is 1. The van der Waals surface area contributed by atoms with Crippen LogP contribution in [-0.2, 0) is 11.3 Å². The predicted octanol–water partition coefficient (Wildman–Crippen LogP) is 3.93. The Morgan fingerprint density at radius 1 is 1.43 bits per heavy atom. The van der Waals surface area contributed by atoms with E-state index in [2.05, 4.69) is 4.98 Å². The van der Waals surface area contributed by atoms with Crippen molar-refractivity contribution in [3.8, 4) is 0 Å². The van der Waals surface area contributed by atoms with Gasteiger partial charge in [-0.25, -0.2) is 9.78 Å². The zero-order chi connectivity index (χ0) is 14.7. The van der Waals surface area contributed by atoms with Crippen molar-refractivity contribution in [1.29, 1.82) is 0 Å². The van der Waals surface area contributed by atoms with Crippen molar-refractivity contribution in [3.05, 3.63) is 52.0 Å². The van der Waals surface area contributed by atoms with Gasteiger partial charge in [0.25, 0.3) is 0 Å². The van der Waals surface area contributed by atoms with E-state index in [9.17, 15) is 4.79 Å². The largest absolute Gasteiger partial charge is 0.445 e. The van der Waals surface area contributed by atoms with Gasteiger partial charge in [0.05, 0.1) is 6.04 Å². The number of aromatic nitrogens is 1. The first-order valence-corrected chi connectivity index (χ1v) is 8.01. The van der Waals surface area contributed by atoms with E-state index in [0.717, 1.165) is 35.7 Å². The maximum absolute atomic E-state index is 12.3. The van der Waals surface area contributed by atoms with Crippen molar-refractivity contribution in [2.45, 2.75) is 32.4 Å². The highest BCUT2D eigenvalue weighted by atomic mass is 32.1. The fraction of sp³-hybridized carbons (Fsp3) is 0.375. The quantitative estimate of drug-likeness (QED) is 0.863. The van der Waals surface area contributed by atoms with E-state index in [4.69, 9.17) is 4.74 Å². The molecule has 0 radical (unpaired) electrons. The summed E-state index contributed by atoms with van der Waals surface area (Å²) in [5.41, 5.74) is 2.02. The average molecular weight is 302 g/mol. The Hall–Kier alpha value is -1.88. The molecule has 0 N–H and O–H groups in total. The highest BCUT2D eigenvalue weighted by molar-refractivity contribution is 7.09. The third-order valence-corrected chi connectivity index (χ3v) is 4.68. The molecule has 4 nitrogen and oxygen atoms in total. The number of likely N-dealkylation sites (tertiary alicyclic amines) is 1. The van der Waals surface area contributed by atoms with E-state index >= 15 is 0 Å². The highest BCUT2D eigenvalue weighted by Gasteiger charge is 2.32. The van der Waals surface area contributed by atoms with Crippen molar-refractivity contribution < 1.29 is 9.53 Å². The van der Waals surface area contributed by atoms with E-state index in [0.29, 0.717) is 6.61 Å². The predicted molar refractivity (Wildman–Crippen MR) is 82.2 cm³/mol. The second-order valence-electron chi connectivity index (χ2n) is 5.22. The minimum absolute atomic E-state index is 0.0759. The van der Waals surface area contributed by atoms with Crippen LogP contribution in [-0.4, -0.2) is 22.5 Å². The van der Waals surface area contributed by atoms with E-state index in [-0.39, 0.29) is 12.1 Å². The average Bonchev–Trinajstić information content (AvgIpc) is 3.14. The summed E-state index contributed by atoms with van der Waals surface area (Å²) in [5, 5.41) is 3.04. The van der Waals surface area contributed by atoms with Crippen molar-refractivity contribution in [3.63, 3.8) is 0 Å². The van der Waals surface area contributed by atoms with Gasteiger partial charge < -0.3 is 4.74 Å². The molecule has 0 bridgehead atoms. The zero-order valence-corrected chi connectivity index (χ0v) is 12.8. The molecule has 2 heterocycles. The molecule has 1 atom stereocenters. The van der Waals surface area contributed by atoms with Crippen LogP contribution in [0.25, 0.3) is 0 Å². The number of ether oxygens (including phenoxy) is 1. The van der Waals surface area contributed by atoms with Crippen LogP contribution >= 0.6 is 11.3 Å². The number of aryl methyl sites for hydroxylation is 1.